The molecule has 1 fully saturated rings. The van der Waals surface area contributed by atoms with Gasteiger partial charge in [-0.3, -0.25) is 4.90 Å². The Morgan fingerprint density at radius 3 is 2.17 bits per heavy atom. The maximum Gasteiger partial charge on any atom is 0.124 e. The van der Waals surface area contributed by atoms with Crippen LogP contribution in [-0.4, -0.2) is 49.9 Å². The summed E-state index contributed by atoms with van der Waals surface area (Å²) in [7, 11) is 1.72. The van der Waals surface area contributed by atoms with Crippen molar-refractivity contribution in [1.82, 2.24) is 10.2 Å². The van der Waals surface area contributed by atoms with Gasteiger partial charge in [-0.2, -0.15) is 0 Å². The molecule has 0 saturated carbocycles. The number of piperazine rings is 1. The molecule has 0 aliphatic carbocycles. The number of rotatable bonds is 5. The SMILES string of the molecule is COc1c(C)cc([C@@H](N2CCNCC2)C(C)(C)CO)cc1C.Cl. The molecule has 1 aliphatic rings. The molecule has 132 valence electrons. The molecule has 1 heterocycles. The van der Waals surface area contributed by atoms with Gasteiger partial charge in [-0.25, -0.2) is 0 Å². The fraction of sp³-hybridized carbons (Fsp3) is 0.667. The van der Waals surface area contributed by atoms with Crippen LogP contribution in [-0.2, 0) is 0 Å². The molecule has 2 rings (SSSR count). The van der Waals surface area contributed by atoms with Crippen LogP contribution in [0.1, 0.15) is 36.6 Å². The number of aliphatic hydroxyl groups is 1. The van der Waals surface area contributed by atoms with Gasteiger partial charge in [-0.1, -0.05) is 26.0 Å². The predicted molar refractivity (Wildman–Crippen MR) is 97.8 cm³/mol. The number of nitrogens with zero attached hydrogens (tertiary/aromatic N) is 1. The maximum atomic E-state index is 9.93. The zero-order valence-electron chi connectivity index (χ0n) is 15.0. The summed E-state index contributed by atoms with van der Waals surface area (Å²) in [6.45, 7) is 12.7. The summed E-state index contributed by atoms with van der Waals surface area (Å²) in [5.74, 6) is 0.963. The van der Waals surface area contributed by atoms with Crippen LogP contribution in [0, 0.1) is 19.3 Å². The van der Waals surface area contributed by atoms with E-state index >= 15 is 0 Å². The van der Waals surface area contributed by atoms with Crippen LogP contribution in [0.15, 0.2) is 12.1 Å². The summed E-state index contributed by atoms with van der Waals surface area (Å²) in [5.41, 5.74) is 3.40. The van der Waals surface area contributed by atoms with Gasteiger partial charge in [-0.05, 0) is 30.5 Å². The smallest absolute Gasteiger partial charge is 0.124 e. The minimum atomic E-state index is -0.190. The molecule has 1 saturated heterocycles. The summed E-state index contributed by atoms with van der Waals surface area (Å²) in [6, 6.07) is 4.65. The molecule has 1 aromatic carbocycles. The zero-order chi connectivity index (χ0) is 16.3. The molecule has 0 radical (unpaired) electrons. The van der Waals surface area contributed by atoms with Crippen molar-refractivity contribution >= 4 is 12.4 Å². The summed E-state index contributed by atoms with van der Waals surface area (Å²) in [6.07, 6.45) is 0. The topological polar surface area (TPSA) is 44.7 Å². The normalized spacial score (nSPS) is 17.5. The first-order valence-corrected chi connectivity index (χ1v) is 8.11. The Labute approximate surface area is 146 Å². The van der Waals surface area contributed by atoms with Gasteiger partial charge in [-0.15, -0.1) is 12.4 Å². The molecule has 0 spiro atoms. The van der Waals surface area contributed by atoms with Crippen molar-refractivity contribution in [1.29, 1.82) is 0 Å². The number of hydrogen-bond donors (Lipinski definition) is 2. The van der Waals surface area contributed by atoms with E-state index in [1.165, 1.54) is 5.56 Å². The predicted octanol–water partition coefficient (Wildman–Crippen LogP) is 2.70. The highest BCUT2D eigenvalue weighted by Crippen LogP contribution is 2.40. The Morgan fingerprint density at radius 1 is 1.22 bits per heavy atom. The van der Waals surface area contributed by atoms with E-state index in [9.17, 15) is 5.11 Å². The highest BCUT2D eigenvalue weighted by Gasteiger charge is 2.36. The molecule has 0 unspecified atom stereocenters. The number of hydrogen-bond acceptors (Lipinski definition) is 4. The molecule has 2 N–H and O–H groups in total. The first-order valence-electron chi connectivity index (χ1n) is 8.11. The second-order valence-electron chi connectivity index (χ2n) is 7.02. The number of halogens is 1. The molecular formula is C18H31ClN2O2. The molecule has 0 amide bonds. The maximum absolute atomic E-state index is 9.93. The van der Waals surface area contributed by atoms with E-state index < -0.39 is 0 Å². The molecule has 1 aromatic rings. The number of benzene rings is 1. The fourth-order valence-corrected chi connectivity index (χ4v) is 3.65. The lowest BCUT2D eigenvalue weighted by Gasteiger charge is -2.43. The number of aryl methyl sites for hydroxylation is 2. The van der Waals surface area contributed by atoms with Crippen LogP contribution in [0.2, 0.25) is 0 Å². The van der Waals surface area contributed by atoms with Crippen LogP contribution in [0.3, 0.4) is 0 Å². The lowest BCUT2D eigenvalue weighted by atomic mass is 9.79. The van der Waals surface area contributed by atoms with Crippen LogP contribution in [0.4, 0.5) is 0 Å². The number of nitrogens with one attached hydrogen (secondary N) is 1. The van der Waals surface area contributed by atoms with Crippen molar-refractivity contribution < 1.29 is 9.84 Å². The average Bonchev–Trinajstić information content (AvgIpc) is 2.48. The Hall–Kier alpha value is -0.810. The highest BCUT2D eigenvalue weighted by atomic mass is 35.5. The van der Waals surface area contributed by atoms with Gasteiger partial charge in [0.2, 0.25) is 0 Å². The molecular weight excluding hydrogens is 312 g/mol. The Morgan fingerprint density at radius 2 is 1.74 bits per heavy atom. The van der Waals surface area contributed by atoms with Gasteiger partial charge in [0, 0.05) is 44.2 Å². The Balaban J connectivity index is 0.00000264. The van der Waals surface area contributed by atoms with E-state index in [2.05, 4.69) is 50.0 Å². The summed E-state index contributed by atoms with van der Waals surface area (Å²) in [4.78, 5) is 2.49. The molecule has 1 atom stereocenters. The van der Waals surface area contributed by atoms with Crippen LogP contribution in [0.25, 0.3) is 0 Å². The molecule has 5 heteroatoms. The molecule has 1 aliphatic heterocycles. The van der Waals surface area contributed by atoms with Crippen molar-refractivity contribution in [2.45, 2.75) is 33.7 Å². The van der Waals surface area contributed by atoms with Crippen molar-refractivity contribution in [3.8, 4) is 5.75 Å². The van der Waals surface area contributed by atoms with E-state index in [1.807, 2.05) is 0 Å². The molecule has 23 heavy (non-hydrogen) atoms. The number of ether oxygens (including phenoxy) is 1. The second kappa shape index (κ2) is 8.34. The van der Waals surface area contributed by atoms with Crippen molar-refractivity contribution in [3.05, 3.63) is 28.8 Å². The third kappa shape index (κ3) is 4.38. The Kier molecular flexibility index (Phi) is 7.33. The molecule has 0 aromatic heterocycles. The molecule has 0 bridgehead atoms. The lowest BCUT2D eigenvalue weighted by molar-refractivity contribution is 0.0304. The third-order valence-corrected chi connectivity index (χ3v) is 4.67. The van der Waals surface area contributed by atoms with Crippen molar-refractivity contribution in [3.63, 3.8) is 0 Å². The standard InChI is InChI=1S/C18H30N2O2.ClH/c1-13-10-15(11-14(2)16(13)22-5)17(18(3,4)12-21)20-8-6-19-7-9-20;/h10-11,17,19,21H,6-9,12H2,1-5H3;1H/t17-;/m1./s1. The van der Waals surface area contributed by atoms with Gasteiger partial charge < -0.3 is 15.2 Å². The monoisotopic (exact) mass is 342 g/mol. The van der Waals surface area contributed by atoms with E-state index in [-0.39, 0.29) is 30.5 Å². The minimum Gasteiger partial charge on any atom is -0.496 e. The van der Waals surface area contributed by atoms with Gasteiger partial charge in [0.1, 0.15) is 5.75 Å². The minimum absolute atomic E-state index is 0. The van der Waals surface area contributed by atoms with Crippen molar-refractivity contribution in [2.24, 2.45) is 5.41 Å². The van der Waals surface area contributed by atoms with Crippen molar-refractivity contribution in [2.75, 3.05) is 39.9 Å². The first-order chi connectivity index (χ1) is 10.4. The second-order valence-corrected chi connectivity index (χ2v) is 7.02. The van der Waals surface area contributed by atoms with E-state index in [4.69, 9.17) is 4.74 Å². The summed E-state index contributed by atoms with van der Waals surface area (Å²) < 4.78 is 5.49. The van der Waals surface area contributed by atoms with E-state index in [0.717, 1.165) is 43.1 Å². The summed E-state index contributed by atoms with van der Waals surface area (Å²) in [5, 5.41) is 13.3. The first kappa shape index (κ1) is 20.2. The van der Waals surface area contributed by atoms with E-state index in [1.54, 1.807) is 7.11 Å². The van der Waals surface area contributed by atoms with Crippen LogP contribution < -0.4 is 10.1 Å². The third-order valence-electron chi connectivity index (χ3n) is 4.67. The van der Waals surface area contributed by atoms with E-state index in [0.29, 0.717) is 0 Å². The summed E-state index contributed by atoms with van der Waals surface area (Å²) >= 11 is 0. The van der Waals surface area contributed by atoms with Crippen LogP contribution in [0.5, 0.6) is 5.75 Å². The van der Waals surface area contributed by atoms with Gasteiger partial charge >= 0.3 is 0 Å². The average molecular weight is 343 g/mol. The zero-order valence-corrected chi connectivity index (χ0v) is 15.8. The largest absolute Gasteiger partial charge is 0.496 e. The Bertz CT molecular complexity index is 491. The highest BCUT2D eigenvalue weighted by molar-refractivity contribution is 5.85. The number of methoxy groups -OCH3 is 1. The fourth-order valence-electron chi connectivity index (χ4n) is 3.65. The number of aliphatic hydroxyl groups excluding tert-OH is 1. The quantitative estimate of drug-likeness (QED) is 0.863. The van der Waals surface area contributed by atoms with Gasteiger partial charge in [0.05, 0.1) is 7.11 Å². The van der Waals surface area contributed by atoms with Gasteiger partial charge in [0.15, 0.2) is 0 Å². The molecule has 4 nitrogen and oxygen atoms in total. The van der Waals surface area contributed by atoms with Gasteiger partial charge in [0.25, 0.3) is 0 Å². The van der Waals surface area contributed by atoms with Crippen LogP contribution >= 0.6 is 12.4 Å². The lowest BCUT2D eigenvalue weighted by Crippen LogP contribution is -2.49.